The van der Waals surface area contributed by atoms with Gasteiger partial charge >= 0.3 is 0 Å². The third-order valence-electron chi connectivity index (χ3n) is 3.51. The molecule has 2 aromatic carbocycles. The van der Waals surface area contributed by atoms with Crippen molar-refractivity contribution in [1.29, 1.82) is 0 Å². The van der Waals surface area contributed by atoms with Crippen molar-refractivity contribution in [2.24, 2.45) is 0 Å². The van der Waals surface area contributed by atoms with E-state index in [1.807, 2.05) is 30.3 Å². The fraction of sp³-hybridized carbons (Fsp3) is 0.125. The van der Waals surface area contributed by atoms with Gasteiger partial charge in [0, 0.05) is 12.1 Å². The standard InChI is InChI=1S/C16H13ClN6O3S/c1-10(15(24)18-14-9-12(23(25)26)7-8-13(14)17)27-16-19-20-21-22(16)11-5-3-2-4-6-11/h2-10H,1H3,(H,18,24). The highest BCUT2D eigenvalue weighted by atomic mass is 35.5. The third-order valence-corrected chi connectivity index (χ3v) is 4.87. The maximum Gasteiger partial charge on any atom is 0.271 e. The van der Waals surface area contributed by atoms with Crippen LogP contribution in [0.2, 0.25) is 5.02 Å². The number of thioether (sulfide) groups is 1. The molecule has 27 heavy (non-hydrogen) atoms. The molecule has 0 bridgehead atoms. The first-order chi connectivity index (χ1) is 13.0. The van der Waals surface area contributed by atoms with E-state index in [-0.39, 0.29) is 22.3 Å². The molecule has 9 nitrogen and oxygen atoms in total. The Balaban J connectivity index is 1.74. The van der Waals surface area contributed by atoms with Crippen LogP contribution in [0, 0.1) is 10.1 Å². The van der Waals surface area contributed by atoms with E-state index in [9.17, 15) is 14.9 Å². The lowest BCUT2D eigenvalue weighted by Gasteiger charge is -2.12. The third kappa shape index (κ3) is 4.41. The molecule has 138 valence electrons. The average Bonchev–Trinajstić information content (AvgIpc) is 3.12. The largest absolute Gasteiger partial charge is 0.324 e. The minimum atomic E-state index is -0.575. The van der Waals surface area contributed by atoms with Gasteiger partial charge in [0.05, 0.1) is 26.6 Å². The second-order valence-corrected chi connectivity index (χ2v) is 7.09. The molecule has 1 amide bonds. The van der Waals surface area contributed by atoms with E-state index in [4.69, 9.17) is 11.6 Å². The van der Waals surface area contributed by atoms with Crippen LogP contribution in [0.1, 0.15) is 6.92 Å². The molecule has 1 unspecified atom stereocenters. The summed E-state index contributed by atoms with van der Waals surface area (Å²) in [5.74, 6) is -0.384. The summed E-state index contributed by atoms with van der Waals surface area (Å²) in [7, 11) is 0. The van der Waals surface area contributed by atoms with Crippen LogP contribution in [-0.4, -0.2) is 36.3 Å². The molecule has 0 aliphatic carbocycles. The number of nitro groups is 1. The van der Waals surface area contributed by atoms with Crippen molar-refractivity contribution in [2.75, 3.05) is 5.32 Å². The first kappa shape index (κ1) is 18.8. The quantitative estimate of drug-likeness (QED) is 0.380. The molecular formula is C16H13ClN6O3S. The van der Waals surface area contributed by atoms with Gasteiger partial charge in [-0.1, -0.05) is 41.6 Å². The Kier molecular flexibility index (Phi) is 5.67. The topological polar surface area (TPSA) is 116 Å². The van der Waals surface area contributed by atoms with Crippen LogP contribution in [0.3, 0.4) is 0 Å². The van der Waals surface area contributed by atoms with Crippen molar-refractivity contribution in [2.45, 2.75) is 17.3 Å². The number of aromatic nitrogens is 4. The molecule has 0 aliphatic heterocycles. The van der Waals surface area contributed by atoms with E-state index in [1.165, 1.54) is 22.9 Å². The first-order valence-electron chi connectivity index (χ1n) is 7.71. The molecule has 1 heterocycles. The Morgan fingerprint density at radius 1 is 1.30 bits per heavy atom. The number of benzene rings is 2. The number of carbonyl (C=O) groups is 1. The van der Waals surface area contributed by atoms with Gasteiger partial charge in [-0.3, -0.25) is 14.9 Å². The van der Waals surface area contributed by atoms with Gasteiger partial charge in [-0.05, 0) is 35.5 Å². The highest BCUT2D eigenvalue weighted by Gasteiger charge is 2.21. The molecular weight excluding hydrogens is 392 g/mol. The Labute approximate surface area is 162 Å². The molecule has 0 radical (unpaired) electrons. The Morgan fingerprint density at radius 2 is 2.04 bits per heavy atom. The van der Waals surface area contributed by atoms with Gasteiger partial charge in [0.2, 0.25) is 11.1 Å². The summed E-state index contributed by atoms with van der Waals surface area (Å²) in [6, 6.07) is 13.1. The molecule has 1 N–H and O–H groups in total. The second kappa shape index (κ2) is 8.14. The molecule has 0 aliphatic rings. The summed E-state index contributed by atoms with van der Waals surface area (Å²) in [6.07, 6.45) is 0. The van der Waals surface area contributed by atoms with Crippen molar-refractivity contribution in [3.63, 3.8) is 0 Å². The maximum absolute atomic E-state index is 12.5. The summed E-state index contributed by atoms with van der Waals surface area (Å²) >= 11 is 7.17. The number of para-hydroxylation sites is 1. The zero-order valence-corrected chi connectivity index (χ0v) is 15.5. The van der Waals surface area contributed by atoms with E-state index in [0.29, 0.717) is 5.16 Å². The number of nitrogens with one attached hydrogen (secondary N) is 1. The van der Waals surface area contributed by atoms with Crippen LogP contribution < -0.4 is 5.32 Å². The summed E-state index contributed by atoms with van der Waals surface area (Å²) < 4.78 is 1.52. The molecule has 0 fully saturated rings. The van der Waals surface area contributed by atoms with E-state index in [1.54, 1.807) is 6.92 Å². The zero-order chi connectivity index (χ0) is 19.4. The number of tetrazole rings is 1. The number of hydrogen-bond donors (Lipinski definition) is 1. The van der Waals surface area contributed by atoms with Crippen LogP contribution >= 0.6 is 23.4 Å². The fourth-order valence-electron chi connectivity index (χ4n) is 2.15. The Morgan fingerprint density at radius 3 is 2.74 bits per heavy atom. The SMILES string of the molecule is CC(Sc1nnnn1-c1ccccc1)C(=O)Nc1cc([N+](=O)[O-])ccc1Cl. The van der Waals surface area contributed by atoms with Crippen molar-refractivity contribution < 1.29 is 9.72 Å². The number of halogens is 1. The lowest BCUT2D eigenvalue weighted by atomic mass is 10.2. The molecule has 1 aromatic heterocycles. The Bertz CT molecular complexity index is 981. The monoisotopic (exact) mass is 404 g/mol. The number of hydrogen-bond acceptors (Lipinski definition) is 7. The van der Waals surface area contributed by atoms with Crippen LogP contribution in [0.15, 0.2) is 53.7 Å². The zero-order valence-electron chi connectivity index (χ0n) is 13.9. The second-order valence-electron chi connectivity index (χ2n) is 5.38. The van der Waals surface area contributed by atoms with Crippen LogP contribution in [0.4, 0.5) is 11.4 Å². The number of amides is 1. The van der Waals surface area contributed by atoms with E-state index in [2.05, 4.69) is 20.8 Å². The number of nitro benzene ring substituents is 1. The van der Waals surface area contributed by atoms with Crippen molar-refractivity contribution in [3.8, 4) is 5.69 Å². The fourth-order valence-corrected chi connectivity index (χ4v) is 3.12. The minimum Gasteiger partial charge on any atom is -0.324 e. The van der Waals surface area contributed by atoms with E-state index < -0.39 is 10.2 Å². The van der Waals surface area contributed by atoms with Gasteiger partial charge in [-0.25, -0.2) is 0 Å². The maximum atomic E-state index is 12.5. The van der Waals surface area contributed by atoms with Crippen molar-refractivity contribution in [1.82, 2.24) is 20.2 Å². The smallest absolute Gasteiger partial charge is 0.271 e. The normalized spacial score (nSPS) is 11.8. The van der Waals surface area contributed by atoms with Gasteiger partial charge in [-0.15, -0.1) is 5.10 Å². The van der Waals surface area contributed by atoms with Gasteiger partial charge in [0.15, 0.2) is 0 Å². The predicted molar refractivity (Wildman–Crippen MR) is 101 cm³/mol. The molecule has 3 aromatic rings. The van der Waals surface area contributed by atoms with Crippen LogP contribution in [-0.2, 0) is 4.79 Å². The molecule has 0 saturated heterocycles. The predicted octanol–water partition coefficient (Wildman–Crippen LogP) is 3.34. The molecule has 1 atom stereocenters. The summed E-state index contributed by atoms with van der Waals surface area (Å²) in [5, 5.41) is 25.1. The molecule has 0 saturated carbocycles. The minimum absolute atomic E-state index is 0.164. The van der Waals surface area contributed by atoms with Crippen LogP contribution in [0.5, 0.6) is 0 Å². The summed E-state index contributed by atoms with van der Waals surface area (Å²) in [5.41, 5.74) is 0.772. The summed E-state index contributed by atoms with van der Waals surface area (Å²) in [6.45, 7) is 1.68. The van der Waals surface area contributed by atoms with Crippen molar-refractivity contribution in [3.05, 3.63) is 63.7 Å². The number of rotatable bonds is 6. The lowest BCUT2D eigenvalue weighted by Crippen LogP contribution is -2.23. The van der Waals surface area contributed by atoms with Gasteiger partial charge in [0.1, 0.15) is 0 Å². The van der Waals surface area contributed by atoms with Gasteiger partial charge in [-0.2, -0.15) is 4.68 Å². The highest BCUT2D eigenvalue weighted by molar-refractivity contribution is 8.00. The van der Waals surface area contributed by atoms with Crippen LogP contribution in [0.25, 0.3) is 5.69 Å². The number of carbonyl (C=O) groups excluding carboxylic acids is 1. The number of nitrogens with zero attached hydrogens (tertiary/aromatic N) is 5. The molecule has 11 heteroatoms. The number of anilines is 1. The van der Waals surface area contributed by atoms with Gasteiger partial charge < -0.3 is 5.32 Å². The summed E-state index contributed by atoms with van der Waals surface area (Å²) in [4.78, 5) is 22.8. The Hall–Kier alpha value is -2.98. The first-order valence-corrected chi connectivity index (χ1v) is 8.96. The van der Waals surface area contributed by atoms with Gasteiger partial charge in [0.25, 0.3) is 5.69 Å². The number of non-ortho nitro benzene ring substituents is 1. The molecule has 3 rings (SSSR count). The van der Waals surface area contributed by atoms with Crippen molar-refractivity contribution >= 4 is 40.6 Å². The average molecular weight is 405 g/mol. The van der Waals surface area contributed by atoms with E-state index >= 15 is 0 Å². The molecule has 0 spiro atoms. The lowest BCUT2D eigenvalue weighted by molar-refractivity contribution is -0.384. The highest BCUT2D eigenvalue weighted by Crippen LogP contribution is 2.28. The van der Waals surface area contributed by atoms with E-state index in [0.717, 1.165) is 17.4 Å².